The maximum atomic E-state index is 12.8. The lowest BCUT2D eigenvalue weighted by molar-refractivity contribution is -0.122. The predicted molar refractivity (Wildman–Crippen MR) is 123 cm³/mol. The predicted octanol–water partition coefficient (Wildman–Crippen LogP) is 5.40. The van der Waals surface area contributed by atoms with Gasteiger partial charge in [0.2, 0.25) is 11.8 Å². The van der Waals surface area contributed by atoms with E-state index in [2.05, 4.69) is 5.32 Å². The summed E-state index contributed by atoms with van der Waals surface area (Å²) in [5.41, 5.74) is 4.75. The van der Waals surface area contributed by atoms with E-state index in [4.69, 9.17) is 4.74 Å². The molecule has 0 spiro atoms. The Kier molecular flexibility index (Phi) is 5.76. The van der Waals surface area contributed by atoms with Crippen LogP contribution in [0.4, 0.5) is 11.4 Å². The molecule has 1 heterocycles. The lowest BCUT2D eigenvalue weighted by Gasteiger charge is -2.19. The van der Waals surface area contributed by atoms with Gasteiger partial charge in [0, 0.05) is 24.3 Å². The Morgan fingerprint density at radius 2 is 1.71 bits per heavy atom. The third kappa shape index (κ3) is 4.61. The summed E-state index contributed by atoms with van der Waals surface area (Å²) in [6.07, 6.45) is 0.216. The monoisotopic (exact) mass is 414 g/mol. The van der Waals surface area contributed by atoms with Crippen molar-refractivity contribution in [3.8, 4) is 11.5 Å². The van der Waals surface area contributed by atoms with Crippen LogP contribution < -0.4 is 15.0 Å². The second kappa shape index (κ2) is 8.64. The molecule has 1 saturated heterocycles. The van der Waals surface area contributed by atoms with Crippen molar-refractivity contribution in [1.29, 1.82) is 0 Å². The van der Waals surface area contributed by atoms with Gasteiger partial charge in [-0.05, 0) is 73.9 Å². The fraction of sp³-hybridized carbons (Fsp3) is 0.231. The summed E-state index contributed by atoms with van der Waals surface area (Å²) in [5.74, 6) is 0.958. The van der Waals surface area contributed by atoms with E-state index in [0.29, 0.717) is 18.0 Å². The average molecular weight is 415 g/mol. The Bertz CT molecular complexity index is 1120. The minimum absolute atomic E-state index is 0.0178. The molecule has 5 nitrogen and oxygen atoms in total. The molecule has 0 radical (unpaired) electrons. The van der Waals surface area contributed by atoms with E-state index in [1.807, 2.05) is 87.5 Å². The highest BCUT2D eigenvalue weighted by Gasteiger charge is 2.35. The fourth-order valence-corrected chi connectivity index (χ4v) is 3.77. The molecule has 3 aromatic rings. The van der Waals surface area contributed by atoms with Gasteiger partial charge in [0.25, 0.3) is 0 Å². The van der Waals surface area contributed by atoms with Gasteiger partial charge in [0.15, 0.2) is 0 Å². The van der Waals surface area contributed by atoms with Gasteiger partial charge in [0.1, 0.15) is 11.5 Å². The largest absolute Gasteiger partial charge is 0.457 e. The van der Waals surface area contributed by atoms with Crippen LogP contribution in [0.15, 0.2) is 66.7 Å². The van der Waals surface area contributed by atoms with Crippen LogP contribution in [-0.2, 0) is 9.59 Å². The highest BCUT2D eigenvalue weighted by Crippen LogP contribution is 2.30. The van der Waals surface area contributed by atoms with Crippen molar-refractivity contribution in [1.82, 2.24) is 0 Å². The summed E-state index contributed by atoms with van der Waals surface area (Å²) in [4.78, 5) is 27.1. The Morgan fingerprint density at radius 3 is 2.45 bits per heavy atom. The molecule has 3 aromatic carbocycles. The Labute approximate surface area is 182 Å². The van der Waals surface area contributed by atoms with Crippen molar-refractivity contribution in [2.24, 2.45) is 5.92 Å². The van der Waals surface area contributed by atoms with Crippen LogP contribution in [0.1, 0.15) is 23.1 Å². The minimum Gasteiger partial charge on any atom is -0.457 e. The van der Waals surface area contributed by atoms with Crippen LogP contribution in [0.5, 0.6) is 11.5 Å². The van der Waals surface area contributed by atoms with Crippen molar-refractivity contribution in [2.75, 3.05) is 16.8 Å². The molecular formula is C26H26N2O3. The zero-order chi connectivity index (χ0) is 22.0. The van der Waals surface area contributed by atoms with Gasteiger partial charge in [-0.2, -0.15) is 0 Å². The number of carbonyl (C=O) groups excluding carboxylic acids is 2. The molecule has 2 amide bonds. The normalized spacial score (nSPS) is 15.8. The van der Waals surface area contributed by atoms with Crippen molar-refractivity contribution >= 4 is 23.2 Å². The smallest absolute Gasteiger partial charge is 0.229 e. The fourth-order valence-electron chi connectivity index (χ4n) is 3.77. The lowest BCUT2D eigenvalue weighted by atomic mass is 10.1. The highest BCUT2D eigenvalue weighted by atomic mass is 16.5. The lowest BCUT2D eigenvalue weighted by Crippen LogP contribution is -2.28. The number of nitrogens with one attached hydrogen (secondary N) is 1. The molecule has 0 saturated carbocycles. The first kappa shape index (κ1) is 20.7. The molecule has 158 valence electrons. The minimum atomic E-state index is -0.379. The van der Waals surface area contributed by atoms with Crippen molar-refractivity contribution in [2.45, 2.75) is 27.2 Å². The van der Waals surface area contributed by atoms with Crippen molar-refractivity contribution < 1.29 is 14.3 Å². The number of aryl methyl sites for hydroxylation is 3. The standard InChI is InChI=1S/C26H26N2O3/c1-17-8-9-18(2)23(14-17)28-16-20(15-25(28)29)26(30)27-21-10-12-22(13-11-21)31-24-7-5-4-6-19(24)3/h4-14,20H,15-16H2,1-3H3,(H,27,30)/t20-/m0/s1. The van der Waals surface area contributed by atoms with Crippen LogP contribution in [0.2, 0.25) is 0 Å². The number of anilines is 2. The summed E-state index contributed by atoms with van der Waals surface area (Å²) < 4.78 is 5.90. The zero-order valence-corrected chi connectivity index (χ0v) is 18.0. The maximum absolute atomic E-state index is 12.8. The Morgan fingerprint density at radius 1 is 0.968 bits per heavy atom. The van der Waals surface area contributed by atoms with Gasteiger partial charge < -0.3 is 15.0 Å². The Balaban J connectivity index is 1.40. The molecule has 0 bridgehead atoms. The van der Waals surface area contributed by atoms with Gasteiger partial charge in [0.05, 0.1) is 5.92 Å². The number of carbonyl (C=O) groups is 2. The van der Waals surface area contributed by atoms with E-state index >= 15 is 0 Å². The number of nitrogens with zero attached hydrogens (tertiary/aromatic N) is 1. The molecule has 5 heteroatoms. The third-order valence-corrected chi connectivity index (χ3v) is 5.59. The average Bonchev–Trinajstić information content (AvgIpc) is 3.14. The summed E-state index contributed by atoms with van der Waals surface area (Å²) in [6.45, 7) is 6.37. The molecule has 0 aromatic heterocycles. The van der Waals surface area contributed by atoms with Gasteiger partial charge in [-0.25, -0.2) is 0 Å². The van der Waals surface area contributed by atoms with Crippen molar-refractivity contribution in [3.63, 3.8) is 0 Å². The highest BCUT2D eigenvalue weighted by molar-refractivity contribution is 6.03. The van der Waals surface area contributed by atoms with Gasteiger partial charge >= 0.3 is 0 Å². The molecule has 1 fully saturated rings. The Hall–Kier alpha value is -3.60. The van der Waals surface area contributed by atoms with Crippen LogP contribution in [0.25, 0.3) is 0 Å². The molecule has 1 N–H and O–H groups in total. The number of amides is 2. The first-order valence-electron chi connectivity index (χ1n) is 10.4. The summed E-state index contributed by atoms with van der Waals surface area (Å²) >= 11 is 0. The van der Waals surface area contributed by atoms with Crippen LogP contribution in [0.3, 0.4) is 0 Å². The van der Waals surface area contributed by atoms with Crippen molar-refractivity contribution in [3.05, 3.63) is 83.4 Å². The van der Waals surface area contributed by atoms with E-state index in [1.54, 1.807) is 4.90 Å². The maximum Gasteiger partial charge on any atom is 0.229 e. The number of rotatable bonds is 5. The second-order valence-electron chi connectivity index (χ2n) is 8.08. The summed E-state index contributed by atoms with van der Waals surface area (Å²) in [6, 6.07) is 21.1. The van der Waals surface area contributed by atoms with E-state index < -0.39 is 0 Å². The van der Waals surface area contributed by atoms with Crippen LogP contribution in [-0.4, -0.2) is 18.4 Å². The first-order valence-corrected chi connectivity index (χ1v) is 10.4. The molecule has 1 aliphatic heterocycles. The molecule has 1 aliphatic rings. The molecule has 4 rings (SSSR count). The number of hydrogen-bond donors (Lipinski definition) is 1. The molecule has 0 aliphatic carbocycles. The quantitative estimate of drug-likeness (QED) is 0.608. The molecule has 31 heavy (non-hydrogen) atoms. The first-order chi connectivity index (χ1) is 14.9. The van der Waals surface area contributed by atoms with E-state index in [-0.39, 0.29) is 24.2 Å². The number of benzene rings is 3. The number of para-hydroxylation sites is 1. The molecular weight excluding hydrogens is 388 g/mol. The van der Waals surface area contributed by atoms with Gasteiger partial charge in [-0.3, -0.25) is 9.59 Å². The third-order valence-electron chi connectivity index (χ3n) is 5.59. The topological polar surface area (TPSA) is 58.6 Å². The summed E-state index contributed by atoms with van der Waals surface area (Å²) in [5, 5.41) is 2.93. The van der Waals surface area contributed by atoms with Gasteiger partial charge in [-0.15, -0.1) is 0 Å². The number of hydrogen-bond acceptors (Lipinski definition) is 3. The van der Waals surface area contributed by atoms with E-state index in [9.17, 15) is 9.59 Å². The van der Waals surface area contributed by atoms with Gasteiger partial charge in [-0.1, -0.05) is 30.3 Å². The molecule has 0 unspecified atom stereocenters. The van der Waals surface area contributed by atoms with Crippen LogP contribution >= 0.6 is 0 Å². The second-order valence-corrected chi connectivity index (χ2v) is 8.08. The molecule has 1 atom stereocenters. The zero-order valence-electron chi connectivity index (χ0n) is 18.0. The number of ether oxygens (including phenoxy) is 1. The SMILES string of the molecule is Cc1ccc(C)c(N2C[C@@H](C(=O)Nc3ccc(Oc4ccccc4C)cc3)CC2=O)c1. The summed E-state index contributed by atoms with van der Waals surface area (Å²) in [7, 11) is 0. The van der Waals surface area contributed by atoms with E-state index in [1.165, 1.54) is 0 Å². The van der Waals surface area contributed by atoms with Crippen LogP contribution in [0, 0.1) is 26.7 Å². The van der Waals surface area contributed by atoms with E-state index in [0.717, 1.165) is 28.1 Å².